The standard InChI is InChI=1S/C32H51N5O5/c1-21(2)12-11-15-28(38)25(16-22(3)4)35-30(40)27(18-24-19-33-20-34-24)36-29(39)26(17-23-13-9-8-10-14-23)37-31(41)42-32(5,6)7/h8-10,13-14,19-22,25-28,38H,11-12,15-18H2,1-7H3,(H,33,34)(H,35,40)(H,36,39)(H,37,41)/t25-,26+,27+,28-/m1/s1. The van der Waals surface area contributed by atoms with Gasteiger partial charge in [-0.1, -0.05) is 70.9 Å². The van der Waals surface area contributed by atoms with E-state index < -0.39 is 47.7 Å². The topological polar surface area (TPSA) is 145 Å². The van der Waals surface area contributed by atoms with Crippen molar-refractivity contribution >= 4 is 17.9 Å². The fraction of sp³-hybridized carbons (Fsp3) is 0.625. The van der Waals surface area contributed by atoms with Gasteiger partial charge < -0.3 is 30.8 Å². The largest absolute Gasteiger partial charge is 0.444 e. The van der Waals surface area contributed by atoms with Crippen LogP contribution in [-0.2, 0) is 27.2 Å². The second kappa shape index (κ2) is 16.9. The average Bonchev–Trinajstić information content (AvgIpc) is 3.39. The first kappa shape index (κ1) is 34.8. The number of carbonyl (C=O) groups is 3. The predicted octanol–water partition coefficient (Wildman–Crippen LogP) is 4.29. The lowest BCUT2D eigenvalue weighted by molar-refractivity contribution is -0.131. The summed E-state index contributed by atoms with van der Waals surface area (Å²) in [6, 6.07) is 6.87. The van der Waals surface area contributed by atoms with Gasteiger partial charge in [0.2, 0.25) is 11.8 Å². The fourth-order valence-corrected chi connectivity index (χ4v) is 4.65. The van der Waals surface area contributed by atoms with Crippen LogP contribution in [0.2, 0.25) is 0 Å². The van der Waals surface area contributed by atoms with Gasteiger partial charge in [0.15, 0.2) is 0 Å². The van der Waals surface area contributed by atoms with E-state index in [-0.39, 0.29) is 18.8 Å². The van der Waals surface area contributed by atoms with Crippen molar-refractivity contribution < 1.29 is 24.2 Å². The van der Waals surface area contributed by atoms with Crippen LogP contribution in [0.5, 0.6) is 0 Å². The third-order valence-electron chi connectivity index (χ3n) is 6.70. The summed E-state index contributed by atoms with van der Waals surface area (Å²) in [5.41, 5.74) is 0.750. The van der Waals surface area contributed by atoms with Crippen molar-refractivity contribution in [2.24, 2.45) is 11.8 Å². The molecule has 3 amide bonds. The van der Waals surface area contributed by atoms with Crippen LogP contribution in [0.3, 0.4) is 0 Å². The second-order valence-electron chi connectivity index (χ2n) is 12.9. The van der Waals surface area contributed by atoms with Crippen LogP contribution >= 0.6 is 0 Å². The van der Waals surface area contributed by atoms with Crippen LogP contribution < -0.4 is 16.0 Å². The van der Waals surface area contributed by atoms with Gasteiger partial charge in [-0.3, -0.25) is 9.59 Å². The van der Waals surface area contributed by atoms with Crippen LogP contribution in [0.4, 0.5) is 4.79 Å². The molecule has 0 bridgehead atoms. The Labute approximate surface area is 250 Å². The molecule has 1 heterocycles. The molecule has 2 aromatic rings. The van der Waals surface area contributed by atoms with Crippen molar-refractivity contribution in [1.82, 2.24) is 25.9 Å². The summed E-state index contributed by atoms with van der Waals surface area (Å²) >= 11 is 0. The summed E-state index contributed by atoms with van der Waals surface area (Å²) in [5.74, 6) is -0.170. The van der Waals surface area contributed by atoms with Crippen LogP contribution in [-0.4, -0.2) is 62.8 Å². The molecule has 0 saturated carbocycles. The van der Waals surface area contributed by atoms with Crippen LogP contribution in [0, 0.1) is 11.8 Å². The molecule has 0 aliphatic rings. The molecule has 0 radical (unpaired) electrons. The minimum Gasteiger partial charge on any atom is -0.444 e. The molecule has 0 fully saturated rings. The maximum absolute atomic E-state index is 13.7. The molecule has 1 aromatic carbocycles. The number of aliphatic hydroxyl groups excluding tert-OH is 1. The Bertz CT molecular complexity index is 1080. The Morgan fingerprint density at radius 1 is 0.905 bits per heavy atom. The van der Waals surface area contributed by atoms with Crippen molar-refractivity contribution in [3.05, 3.63) is 54.1 Å². The number of amides is 3. The van der Waals surface area contributed by atoms with Gasteiger partial charge in [-0.05, 0) is 51.0 Å². The third-order valence-corrected chi connectivity index (χ3v) is 6.70. The number of nitrogens with zero attached hydrogens (tertiary/aromatic N) is 1. The Morgan fingerprint density at radius 2 is 1.55 bits per heavy atom. The molecule has 4 atom stereocenters. The number of carbonyl (C=O) groups excluding carboxylic acids is 3. The SMILES string of the molecule is CC(C)CCC[C@@H](O)[C@@H](CC(C)C)NC(=O)[C@H](Cc1cnc[nH]1)NC(=O)[C@H](Cc1ccccc1)NC(=O)OC(C)(C)C. The van der Waals surface area contributed by atoms with Crippen molar-refractivity contribution in [2.75, 3.05) is 0 Å². The highest BCUT2D eigenvalue weighted by Crippen LogP contribution is 2.16. The number of hydrogen-bond acceptors (Lipinski definition) is 6. The molecule has 10 heteroatoms. The summed E-state index contributed by atoms with van der Waals surface area (Å²) in [7, 11) is 0. The van der Waals surface area contributed by atoms with Crippen molar-refractivity contribution in [3.8, 4) is 0 Å². The first-order chi connectivity index (χ1) is 19.7. The average molecular weight is 586 g/mol. The maximum Gasteiger partial charge on any atom is 0.408 e. The van der Waals surface area contributed by atoms with Crippen molar-refractivity contribution in [2.45, 2.75) is 117 Å². The Hall–Kier alpha value is -3.40. The zero-order valence-corrected chi connectivity index (χ0v) is 26.3. The maximum atomic E-state index is 13.7. The number of H-pyrrole nitrogens is 1. The zero-order valence-electron chi connectivity index (χ0n) is 26.3. The normalized spacial score (nSPS) is 14.6. The molecule has 5 N–H and O–H groups in total. The smallest absolute Gasteiger partial charge is 0.408 e. The van der Waals surface area contributed by atoms with Gasteiger partial charge in [-0.25, -0.2) is 9.78 Å². The van der Waals surface area contributed by atoms with Gasteiger partial charge >= 0.3 is 6.09 Å². The van der Waals surface area contributed by atoms with Gasteiger partial charge in [-0.15, -0.1) is 0 Å². The minimum absolute atomic E-state index is 0.153. The lowest BCUT2D eigenvalue weighted by Gasteiger charge is -2.29. The van der Waals surface area contributed by atoms with E-state index in [2.05, 4.69) is 39.8 Å². The Morgan fingerprint density at radius 3 is 2.12 bits per heavy atom. The molecule has 1 aromatic heterocycles. The summed E-state index contributed by atoms with van der Waals surface area (Å²) < 4.78 is 5.41. The van der Waals surface area contributed by atoms with Gasteiger partial charge in [0.1, 0.15) is 17.7 Å². The molecular formula is C32H51N5O5. The van der Waals surface area contributed by atoms with Crippen molar-refractivity contribution in [3.63, 3.8) is 0 Å². The number of aromatic amines is 1. The summed E-state index contributed by atoms with van der Waals surface area (Å²) in [4.78, 5) is 47.0. The highest BCUT2D eigenvalue weighted by Gasteiger charge is 2.31. The lowest BCUT2D eigenvalue weighted by Crippen LogP contribution is -2.57. The van der Waals surface area contributed by atoms with E-state index in [1.165, 1.54) is 6.33 Å². The number of benzene rings is 1. The number of aliphatic hydroxyl groups is 1. The van der Waals surface area contributed by atoms with Crippen LogP contribution in [0.15, 0.2) is 42.9 Å². The molecule has 0 aliphatic heterocycles. The second-order valence-corrected chi connectivity index (χ2v) is 12.9. The number of alkyl carbamates (subject to hydrolysis) is 1. The zero-order chi connectivity index (χ0) is 31.3. The Kier molecular flexibility index (Phi) is 14.0. The first-order valence-corrected chi connectivity index (χ1v) is 15.0. The van der Waals surface area contributed by atoms with Gasteiger partial charge in [0.05, 0.1) is 18.5 Å². The van der Waals surface area contributed by atoms with Gasteiger partial charge in [0, 0.05) is 24.7 Å². The van der Waals surface area contributed by atoms with Crippen LogP contribution in [0.25, 0.3) is 0 Å². The van der Waals surface area contributed by atoms with E-state index in [9.17, 15) is 19.5 Å². The van der Waals surface area contributed by atoms with E-state index in [0.717, 1.165) is 18.4 Å². The quantitative estimate of drug-likeness (QED) is 0.199. The van der Waals surface area contributed by atoms with E-state index in [0.29, 0.717) is 24.5 Å². The van der Waals surface area contributed by atoms with Gasteiger partial charge in [0.25, 0.3) is 0 Å². The molecule has 234 valence electrons. The molecule has 0 saturated heterocycles. The molecular weight excluding hydrogens is 534 g/mol. The highest BCUT2D eigenvalue weighted by atomic mass is 16.6. The fourth-order valence-electron chi connectivity index (χ4n) is 4.65. The monoisotopic (exact) mass is 585 g/mol. The molecule has 0 unspecified atom stereocenters. The van der Waals surface area contributed by atoms with E-state index in [1.807, 2.05) is 44.2 Å². The molecule has 10 nitrogen and oxygen atoms in total. The van der Waals surface area contributed by atoms with Crippen LogP contribution in [0.1, 0.15) is 85.4 Å². The van der Waals surface area contributed by atoms with E-state index >= 15 is 0 Å². The summed E-state index contributed by atoms with van der Waals surface area (Å²) in [6.07, 6.45) is 5.04. The third kappa shape index (κ3) is 13.5. The van der Waals surface area contributed by atoms with E-state index in [4.69, 9.17) is 4.74 Å². The highest BCUT2D eigenvalue weighted by molar-refractivity contribution is 5.91. The summed E-state index contributed by atoms with van der Waals surface area (Å²) in [5, 5.41) is 19.5. The number of hydrogen-bond donors (Lipinski definition) is 5. The first-order valence-electron chi connectivity index (χ1n) is 15.0. The molecule has 0 spiro atoms. The molecule has 0 aliphatic carbocycles. The lowest BCUT2D eigenvalue weighted by atomic mass is 9.94. The van der Waals surface area contributed by atoms with Gasteiger partial charge in [-0.2, -0.15) is 0 Å². The van der Waals surface area contributed by atoms with E-state index in [1.54, 1.807) is 27.0 Å². The number of ether oxygens (including phenoxy) is 1. The van der Waals surface area contributed by atoms with Crippen molar-refractivity contribution in [1.29, 1.82) is 0 Å². The molecule has 42 heavy (non-hydrogen) atoms. The number of imidazole rings is 1. The number of aromatic nitrogens is 2. The minimum atomic E-state index is -0.993. The molecule has 2 rings (SSSR count). The number of nitrogens with one attached hydrogen (secondary N) is 4. The summed E-state index contributed by atoms with van der Waals surface area (Å²) in [6.45, 7) is 13.6. The number of rotatable bonds is 16. The Balaban J connectivity index is 2.25. The predicted molar refractivity (Wildman–Crippen MR) is 164 cm³/mol.